The van der Waals surface area contributed by atoms with Gasteiger partial charge in [0.05, 0.1) is 6.10 Å². The minimum absolute atomic E-state index is 0.410. The summed E-state index contributed by atoms with van der Waals surface area (Å²) in [6, 6.07) is 0. The second kappa shape index (κ2) is 4.57. The third-order valence-corrected chi connectivity index (χ3v) is 2.66. The fourth-order valence-corrected chi connectivity index (χ4v) is 1.69. The van der Waals surface area contributed by atoms with Crippen molar-refractivity contribution in [1.82, 2.24) is 14.9 Å². The smallest absolute Gasteiger partial charge is 0.134 e. The Morgan fingerprint density at radius 3 is 3.00 bits per heavy atom. The third kappa shape index (κ3) is 2.33. The number of nitrogens with zero attached hydrogens (tertiary/aromatic N) is 2. The molecule has 0 aromatic carbocycles. The number of ether oxygens (including phenoxy) is 1. The standard InChI is InChI=1S/C10H17N3O/c1-13-7-6-12-10(13)8-14-9-2-4-11-5-3-9/h6-7,9,11H,2-5,8H2,1H3. The normalized spacial score (nSPS) is 18.6. The maximum Gasteiger partial charge on any atom is 0.134 e. The van der Waals surface area contributed by atoms with Crippen molar-refractivity contribution in [3.8, 4) is 0 Å². The van der Waals surface area contributed by atoms with Crippen LogP contribution in [0.4, 0.5) is 0 Å². The molecule has 2 rings (SSSR count). The highest BCUT2D eigenvalue weighted by atomic mass is 16.5. The molecule has 2 heterocycles. The summed E-state index contributed by atoms with van der Waals surface area (Å²) in [6.45, 7) is 2.78. The lowest BCUT2D eigenvalue weighted by Gasteiger charge is -2.22. The van der Waals surface area contributed by atoms with Crippen molar-refractivity contribution in [2.75, 3.05) is 13.1 Å². The van der Waals surface area contributed by atoms with Crippen LogP contribution >= 0.6 is 0 Å². The molecule has 1 fully saturated rings. The molecule has 1 aromatic rings. The number of aryl methyl sites for hydroxylation is 1. The zero-order valence-corrected chi connectivity index (χ0v) is 8.57. The van der Waals surface area contributed by atoms with Crippen molar-refractivity contribution in [3.05, 3.63) is 18.2 Å². The van der Waals surface area contributed by atoms with Gasteiger partial charge in [-0.15, -0.1) is 0 Å². The van der Waals surface area contributed by atoms with Crippen LogP contribution in [0.2, 0.25) is 0 Å². The molecule has 78 valence electrons. The van der Waals surface area contributed by atoms with Crippen molar-refractivity contribution in [2.24, 2.45) is 7.05 Å². The van der Waals surface area contributed by atoms with Gasteiger partial charge in [-0.2, -0.15) is 0 Å². The molecule has 0 aliphatic carbocycles. The highest BCUT2D eigenvalue weighted by molar-refractivity contribution is 4.89. The van der Waals surface area contributed by atoms with Gasteiger partial charge in [-0.1, -0.05) is 0 Å². The predicted octanol–water partition coefficient (Wildman–Crippen LogP) is 0.689. The summed E-state index contributed by atoms with van der Waals surface area (Å²) in [4.78, 5) is 4.22. The first-order valence-electron chi connectivity index (χ1n) is 5.15. The van der Waals surface area contributed by atoms with Crippen LogP contribution in [-0.4, -0.2) is 28.7 Å². The molecule has 0 saturated carbocycles. The van der Waals surface area contributed by atoms with Gasteiger partial charge in [0.2, 0.25) is 0 Å². The summed E-state index contributed by atoms with van der Waals surface area (Å²) < 4.78 is 7.79. The van der Waals surface area contributed by atoms with Crippen LogP contribution in [0, 0.1) is 0 Å². The topological polar surface area (TPSA) is 39.1 Å². The van der Waals surface area contributed by atoms with E-state index in [9.17, 15) is 0 Å². The zero-order chi connectivity index (χ0) is 9.80. The van der Waals surface area contributed by atoms with E-state index in [1.807, 2.05) is 17.8 Å². The molecule has 1 aromatic heterocycles. The third-order valence-electron chi connectivity index (χ3n) is 2.66. The summed E-state index contributed by atoms with van der Waals surface area (Å²) in [7, 11) is 1.99. The molecule has 0 bridgehead atoms. The molecule has 1 aliphatic heterocycles. The molecule has 0 spiro atoms. The second-order valence-electron chi connectivity index (χ2n) is 3.71. The lowest BCUT2D eigenvalue weighted by Crippen LogP contribution is -2.32. The molecule has 14 heavy (non-hydrogen) atoms. The largest absolute Gasteiger partial charge is 0.370 e. The van der Waals surface area contributed by atoms with Gasteiger partial charge in [0, 0.05) is 19.4 Å². The van der Waals surface area contributed by atoms with E-state index in [1.54, 1.807) is 6.20 Å². The number of imidazole rings is 1. The number of hydrogen-bond donors (Lipinski definition) is 1. The number of aromatic nitrogens is 2. The van der Waals surface area contributed by atoms with Gasteiger partial charge in [-0.05, 0) is 25.9 Å². The molecule has 0 radical (unpaired) electrons. The summed E-state index contributed by atoms with van der Waals surface area (Å²) in [5.41, 5.74) is 0. The Bertz CT molecular complexity index is 279. The Morgan fingerprint density at radius 1 is 1.57 bits per heavy atom. The van der Waals surface area contributed by atoms with E-state index in [2.05, 4.69) is 10.3 Å². The maximum atomic E-state index is 5.78. The van der Waals surface area contributed by atoms with Crippen molar-refractivity contribution in [2.45, 2.75) is 25.6 Å². The average molecular weight is 195 g/mol. The van der Waals surface area contributed by atoms with Gasteiger partial charge >= 0.3 is 0 Å². The number of hydrogen-bond acceptors (Lipinski definition) is 3. The first-order valence-corrected chi connectivity index (χ1v) is 5.15. The van der Waals surface area contributed by atoms with E-state index in [0.29, 0.717) is 12.7 Å². The lowest BCUT2D eigenvalue weighted by molar-refractivity contribution is 0.0168. The summed E-state index contributed by atoms with van der Waals surface area (Å²) in [5.74, 6) is 1.00. The lowest BCUT2D eigenvalue weighted by atomic mass is 10.1. The molecule has 1 N–H and O–H groups in total. The highest BCUT2D eigenvalue weighted by Crippen LogP contribution is 2.09. The van der Waals surface area contributed by atoms with Crippen LogP contribution < -0.4 is 5.32 Å². The Labute approximate surface area is 84.3 Å². The highest BCUT2D eigenvalue weighted by Gasteiger charge is 2.13. The van der Waals surface area contributed by atoms with Crippen LogP contribution in [-0.2, 0) is 18.4 Å². The van der Waals surface area contributed by atoms with Crippen LogP contribution in [0.25, 0.3) is 0 Å². The zero-order valence-electron chi connectivity index (χ0n) is 8.57. The fourth-order valence-electron chi connectivity index (χ4n) is 1.69. The van der Waals surface area contributed by atoms with Gasteiger partial charge in [-0.25, -0.2) is 4.98 Å². The second-order valence-corrected chi connectivity index (χ2v) is 3.71. The Kier molecular flexibility index (Phi) is 3.16. The number of nitrogens with one attached hydrogen (secondary N) is 1. The van der Waals surface area contributed by atoms with E-state index >= 15 is 0 Å². The van der Waals surface area contributed by atoms with Gasteiger partial charge in [0.1, 0.15) is 12.4 Å². The SMILES string of the molecule is Cn1ccnc1COC1CCNCC1. The summed E-state index contributed by atoms with van der Waals surface area (Å²) in [6.07, 6.45) is 6.39. The molecule has 1 aliphatic rings. The van der Waals surface area contributed by atoms with E-state index in [4.69, 9.17) is 4.74 Å². The molecule has 1 saturated heterocycles. The van der Waals surface area contributed by atoms with Crippen molar-refractivity contribution in [1.29, 1.82) is 0 Å². The minimum Gasteiger partial charge on any atom is -0.370 e. The van der Waals surface area contributed by atoms with Crippen LogP contribution in [0.3, 0.4) is 0 Å². The van der Waals surface area contributed by atoms with Crippen molar-refractivity contribution >= 4 is 0 Å². The van der Waals surface area contributed by atoms with E-state index in [1.165, 1.54) is 0 Å². The molecule has 0 unspecified atom stereocenters. The Hall–Kier alpha value is -0.870. The first kappa shape index (κ1) is 9.68. The van der Waals surface area contributed by atoms with E-state index < -0.39 is 0 Å². The van der Waals surface area contributed by atoms with E-state index in [-0.39, 0.29) is 0 Å². The van der Waals surface area contributed by atoms with Gasteiger partial charge < -0.3 is 14.6 Å². The number of rotatable bonds is 3. The first-order chi connectivity index (χ1) is 6.86. The van der Waals surface area contributed by atoms with Crippen molar-refractivity contribution < 1.29 is 4.74 Å². The van der Waals surface area contributed by atoms with Gasteiger partial charge in [0.15, 0.2) is 0 Å². The van der Waals surface area contributed by atoms with Crippen LogP contribution in [0.1, 0.15) is 18.7 Å². The number of piperidine rings is 1. The predicted molar refractivity (Wildman–Crippen MR) is 53.9 cm³/mol. The van der Waals surface area contributed by atoms with Crippen LogP contribution in [0.15, 0.2) is 12.4 Å². The molecular weight excluding hydrogens is 178 g/mol. The molecule has 4 nitrogen and oxygen atoms in total. The average Bonchev–Trinajstić information content (AvgIpc) is 2.63. The summed E-state index contributed by atoms with van der Waals surface area (Å²) >= 11 is 0. The molecule has 0 amide bonds. The van der Waals surface area contributed by atoms with Gasteiger partial charge in [-0.3, -0.25) is 0 Å². The summed E-state index contributed by atoms with van der Waals surface area (Å²) in [5, 5.41) is 3.32. The molecular formula is C10H17N3O. The molecule has 0 atom stereocenters. The van der Waals surface area contributed by atoms with Crippen LogP contribution in [0.5, 0.6) is 0 Å². The quantitative estimate of drug-likeness (QED) is 0.771. The maximum absolute atomic E-state index is 5.78. The van der Waals surface area contributed by atoms with E-state index in [0.717, 1.165) is 31.8 Å². The Morgan fingerprint density at radius 2 is 2.36 bits per heavy atom. The monoisotopic (exact) mass is 195 g/mol. The van der Waals surface area contributed by atoms with Crippen molar-refractivity contribution in [3.63, 3.8) is 0 Å². The fraction of sp³-hybridized carbons (Fsp3) is 0.700. The Balaban J connectivity index is 1.79. The molecule has 4 heteroatoms. The minimum atomic E-state index is 0.410. The van der Waals surface area contributed by atoms with Gasteiger partial charge in [0.25, 0.3) is 0 Å².